The van der Waals surface area contributed by atoms with Crippen molar-refractivity contribution < 1.29 is 9.53 Å². The van der Waals surface area contributed by atoms with Gasteiger partial charge in [0.05, 0.1) is 6.61 Å². The third-order valence-corrected chi connectivity index (χ3v) is 2.86. The third kappa shape index (κ3) is 3.46. The van der Waals surface area contributed by atoms with Crippen LogP contribution in [0.1, 0.15) is 24.9 Å². The van der Waals surface area contributed by atoms with Gasteiger partial charge in [0.1, 0.15) is 6.04 Å². The predicted molar refractivity (Wildman–Crippen MR) is 79.4 cm³/mol. The summed E-state index contributed by atoms with van der Waals surface area (Å²) in [6, 6.07) is 12.9. The van der Waals surface area contributed by atoms with Gasteiger partial charge in [-0.3, -0.25) is 0 Å². The van der Waals surface area contributed by atoms with Crippen LogP contribution in [0.5, 0.6) is 0 Å². The van der Waals surface area contributed by atoms with E-state index in [9.17, 15) is 4.79 Å². The summed E-state index contributed by atoms with van der Waals surface area (Å²) < 4.78 is 5.09. The van der Waals surface area contributed by atoms with Crippen LogP contribution in [0.4, 0.5) is 0 Å². The first-order valence-corrected chi connectivity index (χ1v) is 6.14. The van der Waals surface area contributed by atoms with Crippen LogP contribution in [0.2, 0.25) is 0 Å². The Kier molecular flexibility index (Phi) is 5.80. The molecule has 0 fully saturated rings. The Hall–Kier alpha value is -1.58. The Balaban J connectivity index is 0.00000180. The standard InChI is InChI=1S/C15H17NO2.ClH/c1-2-10-18-15(17)14(16)13-9-5-7-11-6-3-4-8-12(11)13;/h3-9,14H,2,10,16H2,1H3;1H. The molecule has 4 heteroatoms. The minimum Gasteiger partial charge on any atom is -0.464 e. The maximum Gasteiger partial charge on any atom is 0.327 e. The van der Waals surface area contributed by atoms with E-state index in [-0.39, 0.29) is 18.4 Å². The molecule has 2 rings (SSSR count). The van der Waals surface area contributed by atoms with E-state index in [2.05, 4.69) is 0 Å². The predicted octanol–water partition coefficient (Wildman–Crippen LogP) is 3.21. The number of benzene rings is 2. The minimum absolute atomic E-state index is 0. The molecule has 0 amide bonds. The summed E-state index contributed by atoms with van der Waals surface area (Å²) in [6.45, 7) is 2.37. The molecule has 0 aliphatic carbocycles. The first-order chi connectivity index (χ1) is 8.74. The first-order valence-electron chi connectivity index (χ1n) is 6.14. The number of ether oxygens (including phenoxy) is 1. The zero-order chi connectivity index (χ0) is 13.0. The Bertz CT molecular complexity index is 551. The fourth-order valence-corrected chi connectivity index (χ4v) is 1.94. The summed E-state index contributed by atoms with van der Waals surface area (Å²) in [7, 11) is 0. The minimum atomic E-state index is -0.720. The van der Waals surface area contributed by atoms with Crippen molar-refractivity contribution in [2.45, 2.75) is 19.4 Å². The molecule has 0 heterocycles. The topological polar surface area (TPSA) is 52.3 Å². The first kappa shape index (κ1) is 15.5. The quantitative estimate of drug-likeness (QED) is 0.875. The van der Waals surface area contributed by atoms with Crippen LogP contribution in [0.15, 0.2) is 42.5 Å². The SMILES string of the molecule is CCCOC(=O)C(N)c1cccc2ccccc12.Cl. The summed E-state index contributed by atoms with van der Waals surface area (Å²) in [5.41, 5.74) is 6.78. The lowest BCUT2D eigenvalue weighted by Crippen LogP contribution is -2.24. The summed E-state index contributed by atoms with van der Waals surface area (Å²) >= 11 is 0. The Labute approximate surface area is 119 Å². The molecule has 0 saturated carbocycles. The molecule has 0 aliphatic heterocycles. The molecule has 102 valence electrons. The van der Waals surface area contributed by atoms with Crippen LogP contribution in [0.3, 0.4) is 0 Å². The van der Waals surface area contributed by atoms with E-state index < -0.39 is 6.04 Å². The lowest BCUT2D eigenvalue weighted by molar-refractivity contribution is -0.145. The van der Waals surface area contributed by atoms with Crippen LogP contribution >= 0.6 is 12.4 Å². The number of carbonyl (C=O) groups is 1. The molecule has 3 nitrogen and oxygen atoms in total. The monoisotopic (exact) mass is 279 g/mol. The van der Waals surface area contributed by atoms with E-state index in [0.717, 1.165) is 22.8 Å². The molecule has 0 aliphatic rings. The van der Waals surface area contributed by atoms with Crippen LogP contribution < -0.4 is 5.73 Å². The van der Waals surface area contributed by atoms with Crippen LogP contribution in [0.25, 0.3) is 10.8 Å². The maximum atomic E-state index is 11.8. The Morgan fingerprint density at radius 2 is 1.89 bits per heavy atom. The van der Waals surface area contributed by atoms with Crippen molar-refractivity contribution in [2.75, 3.05) is 6.61 Å². The number of hydrogen-bond acceptors (Lipinski definition) is 3. The molecular formula is C15H18ClNO2. The normalized spacial score (nSPS) is 11.7. The highest BCUT2D eigenvalue weighted by molar-refractivity contribution is 5.90. The lowest BCUT2D eigenvalue weighted by Gasteiger charge is -2.13. The Morgan fingerprint density at radius 1 is 1.21 bits per heavy atom. The second-order valence-corrected chi connectivity index (χ2v) is 4.21. The molecule has 2 aromatic rings. The van der Waals surface area contributed by atoms with E-state index in [1.807, 2.05) is 49.4 Å². The van der Waals surface area contributed by atoms with Crippen LogP contribution in [-0.4, -0.2) is 12.6 Å². The van der Waals surface area contributed by atoms with Gasteiger partial charge in [0.25, 0.3) is 0 Å². The zero-order valence-electron chi connectivity index (χ0n) is 10.8. The fourth-order valence-electron chi connectivity index (χ4n) is 1.94. The van der Waals surface area contributed by atoms with Gasteiger partial charge in [-0.1, -0.05) is 49.4 Å². The number of fused-ring (bicyclic) bond motifs is 1. The summed E-state index contributed by atoms with van der Waals surface area (Å²) in [5.74, 6) is -0.367. The number of rotatable bonds is 4. The fraction of sp³-hybridized carbons (Fsp3) is 0.267. The number of nitrogens with two attached hydrogens (primary N) is 1. The molecular weight excluding hydrogens is 262 g/mol. The molecule has 19 heavy (non-hydrogen) atoms. The summed E-state index contributed by atoms with van der Waals surface area (Å²) in [5, 5.41) is 2.08. The van der Waals surface area contributed by atoms with E-state index in [1.54, 1.807) is 0 Å². The van der Waals surface area contributed by atoms with Crippen molar-refractivity contribution in [1.82, 2.24) is 0 Å². The smallest absolute Gasteiger partial charge is 0.327 e. The van der Waals surface area contributed by atoms with Crippen molar-refractivity contribution in [3.8, 4) is 0 Å². The molecule has 0 aromatic heterocycles. The number of hydrogen-bond donors (Lipinski definition) is 1. The Morgan fingerprint density at radius 3 is 2.63 bits per heavy atom. The van der Waals surface area contributed by atoms with Crippen molar-refractivity contribution in [2.24, 2.45) is 5.73 Å². The molecule has 0 saturated heterocycles. The second kappa shape index (κ2) is 7.12. The van der Waals surface area contributed by atoms with E-state index in [0.29, 0.717) is 6.61 Å². The van der Waals surface area contributed by atoms with Gasteiger partial charge in [-0.25, -0.2) is 4.79 Å². The van der Waals surface area contributed by atoms with Crippen LogP contribution in [0, 0.1) is 0 Å². The molecule has 2 N–H and O–H groups in total. The van der Waals surface area contributed by atoms with Crippen LogP contribution in [-0.2, 0) is 9.53 Å². The van der Waals surface area contributed by atoms with Gasteiger partial charge in [-0.15, -0.1) is 12.4 Å². The highest BCUT2D eigenvalue weighted by Crippen LogP contribution is 2.23. The van der Waals surface area contributed by atoms with Gasteiger partial charge >= 0.3 is 5.97 Å². The largest absolute Gasteiger partial charge is 0.464 e. The third-order valence-electron chi connectivity index (χ3n) is 2.86. The lowest BCUT2D eigenvalue weighted by atomic mass is 9.99. The van der Waals surface area contributed by atoms with Crippen molar-refractivity contribution >= 4 is 29.1 Å². The van der Waals surface area contributed by atoms with Crippen molar-refractivity contribution in [3.63, 3.8) is 0 Å². The maximum absolute atomic E-state index is 11.8. The van der Waals surface area contributed by atoms with Crippen molar-refractivity contribution in [3.05, 3.63) is 48.0 Å². The second-order valence-electron chi connectivity index (χ2n) is 4.21. The number of carbonyl (C=O) groups excluding carboxylic acids is 1. The van der Waals surface area contributed by atoms with E-state index >= 15 is 0 Å². The summed E-state index contributed by atoms with van der Waals surface area (Å²) in [6.07, 6.45) is 0.800. The molecule has 1 unspecified atom stereocenters. The highest BCUT2D eigenvalue weighted by atomic mass is 35.5. The number of halogens is 1. The van der Waals surface area contributed by atoms with Crippen molar-refractivity contribution in [1.29, 1.82) is 0 Å². The van der Waals surface area contributed by atoms with Gasteiger partial charge in [-0.05, 0) is 22.8 Å². The zero-order valence-corrected chi connectivity index (χ0v) is 11.7. The summed E-state index contributed by atoms with van der Waals surface area (Å²) in [4.78, 5) is 11.8. The average Bonchev–Trinajstić information content (AvgIpc) is 2.43. The molecule has 2 aromatic carbocycles. The molecule has 1 atom stereocenters. The van der Waals surface area contributed by atoms with Gasteiger partial charge < -0.3 is 10.5 Å². The molecule has 0 bridgehead atoms. The van der Waals surface area contributed by atoms with Gasteiger partial charge in [0, 0.05) is 0 Å². The van der Waals surface area contributed by atoms with Gasteiger partial charge in [0.15, 0.2) is 0 Å². The van der Waals surface area contributed by atoms with E-state index in [1.165, 1.54) is 0 Å². The average molecular weight is 280 g/mol. The van der Waals surface area contributed by atoms with E-state index in [4.69, 9.17) is 10.5 Å². The molecule has 0 spiro atoms. The molecule has 0 radical (unpaired) electrons. The van der Waals surface area contributed by atoms with Gasteiger partial charge in [0.2, 0.25) is 0 Å². The highest BCUT2D eigenvalue weighted by Gasteiger charge is 2.18. The van der Waals surface area contributed by atoms with Gasteiger partial charge in [-0.2, -0.15) is 0 Å². The number of esters is 1.